The van der Waals surface area contributed by atoms with E-state index in [1.165, 1.54) is 23.1 Å². The largest absolute Gasteiger partial charge is 0.317 e. The zero-order valence-electron chi connectivity index (χ0n) is 11.1. The molecule has 108 valence electrons. The molecule has 1 saturated heterocycles. The smallest absolute Gasteiger partial charge is 0.0548 e. The van der Waals surface area contributed by atoms with E-state index in [9.17, 15) is 0 Å². The molecule has 1 N–H and O–H groups in total. The highest BCUT2D eigenvalue weighted by Gasteiger charge is 2.14. The molecule has 0 amide bonds. The molecule has 0 radical (unpaired) electrons. The molecule has 0 spiro atoms. The van der Waals surface area contributed by atoms with Gasteiger partial charge in [-0.3, -0.25) is 4.98 Å². The van der Waals surface area contributed by atoms with Crippen LogP contribution in [0.3, 0.4) is 0 Å². The average molecular weight is 329 g/mol. The Morgan fingerprint density at radius 3 is 2.85 bits per heavy atom. The first-order chi connectivity index (χ1) is 9.33. The Bertz CT molecular complexity index is 571. The predicted molar refractivity (Wildman–Crippen MR) is 90.3 cm³/mol. The summed E-state index contributed by atoms with van der Waals surface area (Å²) in [5.74, 6) is 1.98. The third-order valence-electron chi connectivity index (χ3n) is 3.62. The normalized spacial score (nSPS) is 16.1. The van der Waals surface area contributed by atoms with Crippen LogP contribution in [-0.4, -0.2) is 23.8 Å². The van der Waals surface area contributed by atoms with E-state index in [0.29, 0.717) is 0 Å². The van der Waals surface area contributed by atoms with Gasteiger partial charge in [-0.25, -0.2) is 0 Å². The van der Waals surface area contributed by atoms with E-state index in [1.807, 2.05) is 36.3 Å². The van der Waals surface area contributed by atoms with Crippen molar-refractivity contribution in [1.82, 2.24) is 10.3 Å². The van der Waals surface area contributed by atoms with Gasteiger partial charge in [0.1, 0.15) is 0 Å². The number of nitrogens with one attached hydrogen (secondary N) is 1. The SMILES string of the molecule is Cl.Clc1cc2cnccc2cc1SCC1CCNCC1. The molecule has 2 heterocycles. The number of nitrogens with zero attached hydrogens (tertiary/aromatic N) is 1. The number of rotatable bonds is 3. The highest BCUT2D eigenvalue weighted by molar-refractivity contribution is 7.99. The standard InChI is InChI=1S/C15H17ClN2S.ClH/c16-14-7-13-9-18-6-3-12(13)8-15(14)19-10-11-1-4-17-5-2-11;/h3,6-9,11,17H,1-2,4-5,10H2;1H. The maximum absolute atomic E-state index is 6.36. The second-order valence-corrected chi connectivity index (χ2v) is 6.48. The van der Waals surface area contributed by atoms with Crippen LogP contribution in [-0.2, 0) is 0 Å². The molecule has 0 aliphatic carbocycles. The molecule has 2 aromatic rings. The number of benzene rings is 1. The molecule has 1 aliphatic rings. The molecule has 1 aromatic carbocycles. The summed E-state index contributed by atoms with van der Waals surface area (Å²) in [5.41, 5.74) is 0. The van der Waals surface area contributed by atoms with Crippen molar-refractivity contribution in [3.63, 3.8) is 0 Å². The zero-order chi connectivity index (χ0) is 13.1. The minimum absolute atomic E-state index is 0. The van der Waals surface area contributed by atoms with Crippen molar-refractivity contribution in [2.24, 2.45) is 5.92 Å². The lowest BCUT2D eigenvalue weighted by Crippen LogP contribution is -2.28. The van der Waals surface area contributed by atoms with Crippen LogP contribution in [0.2, 0.25) is 5.02 Å². The molecular formula is C15H18Cl2N2S. The maximum atomic E-state index is 6.36. The molecule has 5 heteroatoms. The van der Waals surface area contributed by atoms with Gasteiger partial charge in [0.2, 0.25) is 0 Å². The Balaban J connectivity index is 0.00000147. The van der Waals surface area contributed by atoms with Crippen molar-refractivity contribution in [3.05, 3.63) is 35.6 Å². The van der Waals surface area contributed by atoms with E-state index in [1.54, 1.807) is 0 Å². The number of thioether (sulfide) groups is 1. The summed E-state index contributed by atoms with van der Waals surface area (Å²) in [6.45, 7) is 2.31. The second-order valence-electron chi connectivity index (χ2n) is 5.01. The van der Waals surface area contributed by atoms with Crippen LogP contribution in [0.4, 0.5) is 0 Å². The third kappa shape index (κ3) is 3.79. The van der Waals surface area contributed by atoms with Crippen LogP contribution in [0, 0.1) is 5.92 Å². The van der Waals surface area contributed by atoms with Gasteiger partial charge in [-0.2, -0.15) is 0 Å². The molecule has 20 heavy (non-hydrogen) atoms. The highest BCUT2D eigenvalue weighted by Crippen LogP contribution is 2.33. The molecule has 0 atom stereocenters. The number of halogens is 2. The zero-order valence-corrected chi connectivity index (χ0v) is 13.5. The summed E-state index contributed by atoms with van der Waals surface area (Å²) in [6.07, 6.45) is 6.25. The fourth-order valence-corrected chi connectivity index (χ4v) is 3.95. The van der Waals surface area contributed by atoms with Crippen LogP contribution in [0.15, 0.2) is 35.5 Å². The quantitative estimate of drug-likeness (QED) is 0.845. The van der Waals surface area contributed by atoms with Gasteiger partial charge in [-0.1, -0.05) is 11.6 Å². The van der Waals surface area contributed by atoms with E-state index in [2.05, 4.69) is 16.4 Å². The molecule has 0 unspecified atom stereocenters. The van der Waals surface area contributed by atoms with Crippen molar-refractivity contribution < 1.29 is 0 Å². The van der Waals surface area contributed by atoms with Gasteiger partial charge in [0, 0.05) is 28.4 Å². The third-order valence-corrected chi connectivity index (χ3v) is 5.34. The summed E-state index contributed by atoms with van der Waals surface area (Å²) in [5, 5.41) is 6.58. The Morgan fingerprint density at radius 1 is 1.25 bits per heavy atom. The molecular weight excluding hydrogens is 311 g/mol. The highest BCUT2D eigenvalue weighted by atomic mass is 35.5. The van der Waals surface area contributed by atoms with Crippen molar-refractivity contribution in [2.75, 3.05) is 18.8 Å². The van der Waals surface area contributed by atoms with Gasteiger partial charge in [-0.15, -0.1) is 24.2 Å². The van der Waals surface area contributed by atoms with E-state index in [4.69, 9.17) is 11.6 Å². The number of fused-ring (bicyclic) bond motifs is 1. The van der Waals surface area contributed by atoms with E-state index in [-0.39, 0.29) is 12.4 Å². The number of hydrogen-bond acceptors (Lipinski definition) is 3. The summed E-state index contributed by atoms with van der Waals surface area (Å²) in [4.78, 5) is 5.32. The molecule has 1 aromatic heterocycles. The molecule has 3 rings (SSSR count). The Hall–Kier alpha value is -0.480. The topological polar surface area (TPSA) is 24.9 Å². The minimum atomic E-state index is 0. The second kappa shape index (κ2) is 7.51. The Kier molecular flexibility index (Phi) is 5.97. The summed E-state index contributed by atoms with van der Waals surface area (Å²) >= 11 is 8.25. The van der Waals surface area contributed by atoms with Gasteiger partial charge in [-0.05, 0) is 55.4 Å². The summed E-state index contributed by atoms with van der Waals surface area (Å²) in [7, 11) is 0. The predicted octanol–water partition coefficient (Wildman–Crippen LogP) is 4.40. The van der Waals surface area contributed by atoms with Crippen molar-refractivity contribution >= 4 is 46.5 Å². The van der Waals surface area contributed by atoms with Crippen LogP contribution in [0.25, 0.3) is 10.8 Å². The van der Waals surface area contributed by atoms with Crippen molar-refractivity contribution in [1.29, 1.82) is 0 Å². The lowest BCUT2D eigenvalue weighted by Gasteiger charge is -2.22. The first-order valence-corrected chi connectivity index (χ1v) is 8.06. The molecule has 1 fully saturated rings. The van der Waals surface area contributed by atoms with Crippen LogP contribution in [0.5, 0.6) is 0 Å². The first-order valence-electron chi connectivity index (χ1n) is 6.70. The monoisotopic (exact) mass is 328 g/mol. The lowest BCUT2D eigenvalue weighted by molar-refractivity contribution is 0.408. The fraction of sp³-hybridized carbons (Fsp3) is 0.400. The van der Waals surface area contributed by atoms with Crippen molar-refractivity contribution in [3.8, 4) is 0 Å². The lowest BCUT2D eigenvalue weighted by atomic mass is 10.0. The first kappa shape index (κ1) is 15.9. The number of piperidine rings is 1. The van der Waals surface area contributed by atoms with Crippen LogP contribution < -0.4 is 5.32 Å². The molecule has 2 nitrogen and oxygen atoms in total. The number of hydrogen-bond donors (Lipinski definition) is 1. The Labute approximate surface area is 135 Å². The molecule has 0 saturated carbocycles. The average Bonchev–Trinajstić information content (AvgIpc) is 2.46. The van der Waals surface area contributed by atoms with E-state index >= 15 is 0 Å². The van der Waals surface area contributed by atoms with E-state index < -0.39 is 0 Å². The summed E-state index contributed by atoms with van der Waals surface area (Å²) in [6, 6.07) is 6.25. The maximum Gasteiger partial charge on any atom is 0.0548 e. The Morgan fingerprint density at radius 2 is 2.05 bits per heavy atom. The van der Waals surface area contributed by atoms with Crippen LogP contribution >= 0.6 is 35.8 Å². The van der Waals surface area contributed by atoms with Gasteiger partial charge in [0.05, 0.1) is 5.02 Å². The molecule has 0 bridgehead atoms. The summed E-state index contributed by atoms with van der Waals surface area (Å²) < 4.78 is 0. The fourth-order valence-electron chi connectivity index (χ4n) is 2.45. The van der Waals surface area contributed by atoms with E-state index in [0.717, 1.165) is 35.2 Å². The van der Waals surface area contributed by atoms with Gasteiger partial charge in [0.25, 0.3) is 0 Å². The minimum Gasteiger partial charge on any atom is -0.317 e. The van der Waals surface area contributed by atoms with Gasteiger partial charge < -0.3 is 5.32 Å². The number of aromatic nitrogens is 1. The van der Waals surface area contributed by atoms with Gasteiger partial charge >= 0.3 is 0 Å². The number of pyridine rings is 1. The van der Waals surface area contributed by atoms with Crippen molar-refractivity contribution in [2.45, 2.75) is 17.7 Å². The van der Waals surface area contributed by atoms with Gasteiger partial charge in [0.15, 0.2) is 0 Å². The molecule has 1 aliphatic heterocycles. The van der Waals surface area contributed by atoms with Crippen LogP contribution in [0.1, 0.15) is 12.8 Å².